The Kier molecular flexibility index (Phi) is 3.36. The minimum atomic E-state index is -0.0989. The van der Waals surface area contributed by atoms with Crippen LogP contribution in [0.4, 0.5) is 0 Å². The number of aromatic amines is 1. The van der Waals surface area contributed by atoms with Gasteiger partial charge in [0.25, 0.3) is 0 Å². The fourth-order valence-corrected chi connectivity index (χ4v) is 3.26. The van der Waals surface area contributed by atoms with Gasteiger partial charge in [-0.3, -0.25) is 0 Å². The van der Waals surface area contributed by atoms with Crippen LogP contribution in [-0.2, 0) is 6.42 Å². The summed E-state index contributed by atoms with van der Waals surface area (Å²) >= 11 is 0. The molecule has 1 aliphatic carbocycles. The number of aliphatic hydroxyl groups excluding tert-OH is 1. The third-order valence-electron chi connectivity index (χ3n) is 4.56. The van der Waals surface area contributed by atoms with E-state index >= 15 is 0 Å². The molecule has 1 aliphatic rings. The van der Waals surface area contributed by atoms with E-state index in [1.54, 1.807) is 0 Å². The van der Waals surface area contributed by atoms with Crippen molar-refractivity contribution in [2.24, 2.45) is 5.92 Å². The number of benzene rings is 1. The van der Waals surface area contributed by atoms with Crippen LogP contribution >= 0.6 is 0 Å². The van der Waals surface area contributed by atoms with Crippen molar-refractivity contribution in [1.82, 2.24) is 4.98 Å². The molecule has 2 N–H and O–H groups in total. The van der Waals surface area contributed by atoms with Crippen LogP contribution in [-0.4, -0.2) is 16.2 Å². The molecular formula is C17H23NO. The molecular weight excluding hydrogens is 234 g/mol. The fourth-order valence-electron chi connectivity index (χ4n) is 3.26. The average Bonchev–Trinajstić information content (AvgIpc) is 2.97. The topological polar surface area (TPSA) is 36.0 Å². The van der Waals surface area contributed by atoms with E-state index < -0.39 is 0 Å². The smallest absolute Gasteiger partial charge is 0.0571 e. The van der Waals surface area contributed by atoms with Gasteiger partial charge in [0.1, 0.15) is 0 Å². The average molecular weight is 257 g/mol. The molecule has 0 aliphatic heterocycles. The van der Waals surface area contributed by atoms with Gasteiger partial charge in [-0.25, -0.2) is 0 Å². The minimum Gasteiger partial charge on any atom is -0.393 e. The van der Waals surface area contributed by atoms with E-state index in [-0.39, 0.29) is 6.10 Å². The number of aliphatic hydroxyl groups is 1. The van der Waals surface area contributed by atoms with Gasteiger partial charge in [0, 0.05) is 17.1 Å². The predicted molar refractivity (Wildman–Crippen MR) is 79.4 cm³/mol. The molecule has 1 aromatic heterocycles. The number of rotatable bonds is 3. The maximum atomic E-state index is 9.99. The molecule has 102 valence electrons. The van der Waals surface area contributed by atoms with Crippen molar-refractivity contribution in [3.05, 3.63) is 35.5 Å². The van der Waals surface area contributed by atoms with E-state index in [0.717, 1.165) is 19.3 Å². The molecule has 0 saturated heterocycles. The molecule has 1 saturated carbocycles. The molecule has 2 unspecified atom stereocenters. The van der Waals surface area contributed by atoms with Gasteiger partial charge in [0.05, 0.1) is 6.10 Å². The van der Waals surface area contributed by atoms with Crippen LogP contribution in [0.1, 0.15) is 50.2 Å². The molecule has 0 bridgehead atoms. The van der Waals surface area contributed by atoms with Gasteiger partial charge in [-0.15, -0.1) is 0 Å². The van der Waals surface area contributed by atoms with E-state index in [2.05, 4.69) is 43.2 Å². The number of nitrogens with one attached hydrogen (secondary N) is 1. The summed E-state index contributed by atoms with van der Waals surface area (Å²) in [5.41, 5.74) is 3.97. The fraction of sp³-hybridized carbons (Fsp3) is 0.529. The van der Waals surface area contributed by atoms with E-state index in [0.29, 0.717) is 11.8 Å². The molecule has 2 nitrogen and oxygen atoms in total. The lowest BCUT2D eigenvalue weighted by atomic mass is 9.94. The maximum absolute atomic E-state index is 9.99. The lowest BCUT2D eigenvalue weighted by molar-refractivity contribution is 0.133. The van der Waals surface area contributed by atoms with Gasteiger partial charge < -0.3 is 10.1 Å². The van der Waals surface area contributed by atoms with Crippen LogP contribution in [0, 0.1) is 5.92 Å². The number of H-pyrrole nitrogens is 1. The van der Waals surface area contributed by atoms with Crippen molar-refractivity contribution >= 4 is 10.9 Å². The summed E-state index contributed by atoms with van der Waals surface area (Å²) in [6, 6.07) is 6.70. The van der Waals surface area contributed by atoms with Crippen LogP contribution < -0.4 is 0 Å². The van der Waals surface area contributed by atoms with Gasteiger partial charge in [-0.05, 0) is 54.4 Å². The van der Waals surface area contributed by atoms with Crippen molar-refractivity contribution in [2.45, 2.75) is 51.6 Å². The summed E-state index contributed by atoms with van der Waals surface area (Å²) in [5, 5.41) is 11.3. The normalized spacial score (nSPS) is 23.6. The highest BCUT2D eigenvalue weighted by molar-refractivity contribution is 5.84. The van der Waals surface area contributed by atoms with Crippen LogP contribution in [0.2, 0.25) is 0 Å². The minimum absolute atomic E-state index is 0.0989. The Labute approximate surface area is 114 Å². The van der Waals surface area contributed by atoms with Crippen molar-refractivity contribution in [3.63, 3.8) is 0 Å². The SMILES string of the molecule is CC(C)c1ccc2[nH]cc(CC3CCCC3O)c2c1. The molecule has 19 heavy (non-hydrogen) atoms. The van der Waals surface area contributed by atoms with Gasteiger partial charge in [-0.2, -0.15) is 0 Å². The van der Waals surface area contributed by atoms with E-state index in [9.17, 15) is 5.11 Å². The number of hydrogen-bond acceptors (Lipinski definition) is 1. The van der Waals surface area contributed by atoms with Crippen molar-refractivity contribution in [3.8, 4) is 0 Å². The second-order valence-electron chi connectivity index (χ2n) is 6.24. The Balaban J connectivity index is 1.92. The second kappa shape index (κ2) is 5.01. The summed E-state index contributed by atoms with van der Waals surface area (Å²) in [7, 11) is 0. The van der Waals surface area contributed by atoms with Crippen molar-refractivity contribution < 1.29 is 5.11 Å². The Morgan fingerprint density at radius 3 is 2.84 bits per heavy atom. The summed E-state index contributed by atoms with van der Waals surface area (Å²) in [4.78, 5) is 3.36. The molecule has 0 amide bonds. The molecule has 2 heteroatoms. The van der Waals surface area contributed by atoms with Gasteiger partial charge in [0.2, 0.25) is 0 Å². The molecule has 2 atom stereocenters. The molecule has 2 aromatic rings. The van der Waals surface area contributed by atoms with Crippen LogP contribution in [0.3, 0.4) is 0 Å². The Morgan fingerprint density at radius 2 is 2.16 bits per heavy atom. The molecule has 1 aromatic carbocycles. The lowest BCUT2D eigenvalue weighted by Crippen LogP contribution is -2.15. The molecule has 3 rings (SSSR count). The quantitative estimate of drug-likeness (QED) is 0.856. The lowest BCUT2D eigenvalue weighted by Gasteiger charge is -2.13. The van der Waals surface area contributed by atoms with E-state index in [4.69, 9.17) is 0 Å². The predicted octanol–water partition coefficient (Wildman–Crippen LogP) is 3.99. The van der Waals surface area contributed by atoms with Crippen molar-refractivity contribution in [2.75, 3.05) is 0 Å². The largest absolute Gasteiger partial charge is 0.393 e. The first-order valence-corrected chi connectivity index (χ1v) is 7.43. The molecule has 1 heterocycles. The van der Waals surface area contributed by atoms with Gasteiger partial charge in [0.15, 0.2) is 0 Å². The zero-order valence-electron chi connectivity index (χ0n) is 11.8. The van der Waals surface area contributed by atoms with Gasteiger partial charge >= 0.3 is 0 Å². The van der Waals surface area contributed by atoms with Crippen LogP contribution in [0.5, 0.6) is 0 Å². The molecule has 0 radical (unpaired) electrons. The molecule has 1 fully saturated rings. The monoisotopic (exact) mass is 257 g/mol. The third kappa shape index (κ3) is 2.42. The maximum Gasteiger partial charge on any atom is 0.0571 e. The highest BCUT2D eigenvalue weighted by Gasteiger charge is 2.26. The summed E-state index contributed by atoms with van der Waals surface area (Å²) in [6.07, 6.45) is 6.34. The summed E-state index contributed by atoms with van der Waals surface area (Å²) in [5.74, 6) is 1.01. The van der Waals surface area contributed by atoms with E-state index in [1.165, 1.54) is 28.5 Å². The van der Waals surface area contributed by atoms with Gasteiger partial charge in [-0.1, -0.05) is 26.3 Å². The zero-order valence-corrected chi connectivity index (χ0v) is 11.8. The summed E-state index contributed by atoms with van der Waals surface area (Å²) < 4.78 is 0. The third-order valence-corrected chi connectivity index (χ3v) is 4.56. The van der Waals surface area contributed by atoms with Crippen molar-refractivity contribution in [1.29, 1.82) is 0 Å². The van der Waals surface area contributed by atoms with Crippen LogP contribution in [0.15, 0.2) is 24.4 Å². The number of fused-ring (bicyclic) bond motifs is 1. The Morgan fingerprint density at radius 1 is 1.32 bits per heavy atom. The summed E-state index contributed by atoms with van der Waals surface area (Å²) in [6.45, 7) is 4.46. The second-order valence-corrected chi connectivity index (χ2v) is 6.24. The zero-order chi connectivity index (χ0) is 13.4. The van der Waals surface area contributed by atoms with Crippen LogP contribution in [0.25, 0.3) is 10.9 Å². The highest BCUT2D eigenvalue weighted by atomic mass is 16.3. The first kappa shape index (κ1) is 12.7. The number of aromatic nitrogens is 1. The highest BCUT2D eigenvalue weighted by Crippen LogP contribution is 2.32. The Bertz CT molecular complexity index is 570. The Hall–Kier alpha value is -1.28. The number of hydrogen-bond donors (Lipinski definition) is 2. The first-order valence-electron chi connectivity index (χ1n) is 7.43. The first-order chi connectivity index (χ1) is 9.15. The van der Waals surface area contributed by atoms with E-state index in [1.807, 2.05) is 0 Å². The molecule has 0 spiro atoms. The standard InChI is InChI=1S/C17H23NO/c1-11(2)12-6-7-16-15(9-12)14(10-18-16)8-13-4-3-5-17(13)19/h6-7,9-11,13,17-19H,3-5,8H2,1-2H3.